The first-order valence-electron chi connectivity index (χ1n) is 19.4. The van der Waals surface area contributed by atoms with E-state index in [-0.39, 0.29) is 5.41 Å². The Morgan fingerprint density at radius 2 is 0.891 bits per heavy atom. The largest absolute Gasteiger partial charge is 0.457 e. The Balaban J connectivity index is 0.987. The Hall–Kier alpha value is -6.00. The van der Waals surface area contributed by atoms with Crippen LogP contribution < -0.4 is 4.74 Å². The first-order valence-corrected chi connectivity index (χ1v) is 19.4. The number of fused-ring (bicyclic) bond motifs is 8. The number of unbranched alkanes of at least 4 members (excludes halogenated alkanes) is 1. The fourth-order valence-corrected chi connectivity index (χ4v) is 9.29. The number of rotatable bonds is 10. The minimum absolute atomic E-state index is 0.285. The van der Waals surface area contributed by atoms with E-state index in [2.05, 4.69) is 177 Å². The van der Waals surface area contributed by atoms with E-state index in [1.165, 1.54) is 71.6 Å². The van der Waals surface area contributed by atoms with Crippen LogP contribution in [-0.2, 0) is 20.5 Å². The third-order valence-corrected chi connectivity index (χ3v) is 12.0. The second-order valence-corrected chi connectivity index (χ2v) is 15.1. The molecule has 0 N–H and O–H groups in total. The van der Waals surface area contributed by atoms with Gasteiger partial charge in [-0.15, -0.1) is 0 Å². The lowest BCUT2D eigenvalue weighted by molar-refractivity contribution is 0.0118. The van der Waals surface area contributed by atoms with Crippen LogP contribution in [0.15, 0.2) is 170 Å². The van der Waals surface area contributed by atoms with E-state index in [0.717, 1.165) is 36.5 Å². The normalized spacial score (nSPS) is 17.9. The van der Waals surface area contributed by atoms with Gasteiger partial charge in [0.05, 0.1) is 0 Å². The van der Waals surface area contributed by atoms with Gasteiger partial charge in [-0.3, -0.25) is 0 Å². The molecule has 0 amide bonds. The van der Waals surface area contributed by atoms with Crippen molar-refractivity contribution in [2.24, 2.45) is 0 Å². The summed E-state index contributed by atoms with van der Waals surface area (Å²) >= 11 is 0. The van der Waals surface area contributed by atoms with Gasteiger partial charge in [-0.05, 0) is 134 Å². The molecule has 8 aromatic carbocycles. The second-order valence-electron chi connectivity index (χ2n) is 15.1. The zero-order valence-corrected chi connectivity index (χ0v) is 31.2. The van der Waals surface area contributed by atoms with Crippen molar-refractivity contribution in [2.45, 2.75) is 30.8 Å². The topological polar surface area (TPSA) is 27.7 Å². The minimum atomic E-state index is -0.752. The van der Waals surface area contributed by atoms with Crippen LogP contribution in [0.4, 0.5) is 0 Å². The summed E-state index contributed by atoms with van der Waals surface area (Å²) in [5.41, 5.74) is 11.4. The van der Waals surface area contributed by atoms with Crippen molar-refractivity contribution in [1.82, 2.24) is 0 Å². The van der Waals surface area contributed by atoms with Crippen LogP contribution in [0.2, 0.25) is 0 Å². The van der Waals surface area contributed by atoms with Crippen molar-refractivity contribution in [3.05, 3.63) is 203 Å². The molecular weight excluding hydrogens is 673 g/mol. The van der Waals surface area contributed by atoms with Crippen molar-refractivity contribution in [3.63, 3.8) is 0 Å². The van der Waals surface area contributed by atoms with Gasteiger partial charge >= 0.3 is 0 Å². The summed E-state index contributed by atoms with van der Waals surface area (Å²) in [6, 6.07) is 61.4. The smallest absolute Gasteiger partial charge is 0.144 e. The summed E-state index contributed by atoms with van der Waals surface area (Å²) in [4.78, 5) is 0. The molecular formula is C52H42O3. The van der Waals surface area contributed by atoms with E-state index in [1.807, 2.05) is 0 Å². The lowest BCUT2D eigenvalue weighted by Crippen LogP contribution is -2.31. The maximum absolute atomic E-state index is 7.13. The third kappa shape index (κ3) is 5.33. The lowest BCUT2D eigenvalue weighted by atomic mass is 9.74. The number of methoxy groups -OCH3 is 1. The molecule has 8 aromatic rings. The van der Waals surface area contributed by atoms with Crippen molar-refractivity contribution < 1.29 is 14.2 Å². The molecule has 2 unspecified atom stereocenters. The second kappa shape index (κ2) is 13.4. The predicted octanol–water partition coefficient (Wildman–Crippen LogP) is 12.8. The van der Waals surface area contributed by atoms with Crippen LogP contribution in [0.3, 0.4) is 0 Å². The molecule has 0 saturated heterocycles. The van der Waals surface area contributed by atoms with Crippen molar-refractivity contribution in [2.75, 3.05) is 20.3 Å². The maximum atomic E-state index is 7.13. The van der Waals surface area contributed by atoms with E-state index >= 15 is 0 Å². The Bertz CT molecular complexity index is 2710. The zero-order valence-electron chi connectivity index (χ0n) is 31.2. The van der Waals surface area contributed by atoms with Crippen molar-refractivity contribution in [3.8, 4) is 33.8 Å². The fourth-order valence-electron chi connectivity index (χ4n) is 9.29. The highest BCUT2D eigenvalue weighted by Gasteiger charge is 2.46. The molecule has 268 valence electrons. The molecule has 2 aliphatic carbocycles. The highest BCUT2D eigenvalue weighted by molar-refractivity contribution is 5.95. The highest BCUT2D eigenvalue weighted by atomic mass is 16.5. The van der Waals surface area contributed by atoms with Gasteiger partial charge in [0, 0.05) is 36.9 Å². The van der Waals surface area contributed by atoms with Gasteiger partial charge in [0.2, 0.25) is 0 Å². The predicted molar refractivity (Wildman–Crippen MR) is 224 cm³/mol. The van der Waals surface area contributed by atoms with Crippen LogP contribution in [-0.4, -0.2) is 20.3 Å². The van der Waals surface area contributed by atoms with E-state index in [9.17, 15) is 0 Å². The zero-order chi connectivity index (χ0) is 37.0. The van der Waals surface area contributed by atoms with Gasteiger partial charge in [0.1, 0.15) is 17.1 Å². The highest BCUT2D eigenvalue weighted by Crippen LogP contribution is 2.55. The molecule has 0 radical (unpaired) electrons. The number of benzene rings is 8. The van der Waals surface area contributed by atoms with Crippen molar-refractivity contribution in [1.29, 1.82) is 0 Å². The van der Waals surface area contributed by atoms with Crippen LogP contribution in [0.25, 0.3) is 43.8 Å². The number of hydrogen-bond donors (Lipinski definition) is 0. The molecule has 0 fully saturated rings. The average Bonchev–Trinajstić information content (AvgIpc) is 3.65. The average molecular weight is 715 g/mol. The summed E-state index contributed by atoms with van der Waals surface area (Å²) in [5.74, 6) is 1.59. The first kappa shape index (κ1) is 33.6. The lowest BCUT2D eigenvalue weighted by Gasteiger charge is -2.33. The third-order valence-electron chi connectivity index (χ3n) is 12.0. The monoisotopic (exact) mass is 714 g/mol. The van der Waals surface area contributed by atoms with Crippen LogP contribution in [0, 0.1) is 0 Å². The summed E-state index contributed by atoms with van der Waals surface area (Å²) in [6.45, 7) is 3.69. The van der Waals surface area contributed by atoms with Crippen LogP contribution >= 0.6 is 0 Å². The SMILES string of the molecule is COCCCCOC1(c2ccc(Oc3ccc(C4(C)c5ccccc5-c5cc6ccccc6cc54)cc3)cc2)c2ccccc2-c2cc3ccccc3cc21. The van der Waals surface area contributed by atoms with Gasteiger partial charge in [0.25, 0.3) is 0 Å². The molecule has 0 spiro atoms. The number of hydrogen-bond acceptors (Lipinski definition) is 3. The molecule has 0 saturated carbocycles. The molecule has 10 rings (SSSR count). The number of ether oxygens (including phenoxy) is 3. The quantitative estimate of drug-likeness (QED) is 0.132. The van der Waals surface area contributed by atoms with Gasteiger partial charge in [-0.1, -0.05) is 121 Å². The van der Waals surface area contributed by atoms with E-state index in [0.29, 0.717) is 6.61 Å². The summed E-state index contributed by atoms with van der Waals surface area (Å²) in [5, 5.41) is 4.96. The molecule has 0 heterocycles. The van der Waals surface area contributed by atoms with E-state index in [1.54, 1.807) is 7.11 Å². The Labute approximate surface area is 322 Å². The van der Waals surface area contributed by atoms with Gasteiger partial charge in [-0.25, -0.2) is 0 Å². The summed E-state index contributed by atoms with van der Waals surface area (Å²) < 4.78 is 19.0. The molecule has 2 atom stereocenters. The van der Waals surface area contributed by atoms with Gasteiger partial charge < -0.3 is 14.2 Å². The van der Waals surface area contributed by atoms with Crippen LogP contribution in [0.1, 0.15) is 53.1 Å². The van der Waals surface area contributed by atoms with Gasteiger partial charge in [-0.2, -0.15) is 0 Å². The van der Waals surface area contributed by atoms with Gasteiger partial charge in [0.15, 0.2) is 0 Å². The first-order chi connectivity index (χ1) is 27.1. The standard InChI is InChI=1S/C52H42O3/c1-51(47-19-9-7-17-43(47)45-31-35-13-3-5-15-37(35)33-49(45)51)39-21-25-41(26-22-39)55-42-27-23-40(24-28-42)52(54-30-12-11-29-53-2)48-20-10-8-18-44(48)46-32-36-14-4-6-16-38(36)34-50(46)52/h3-10,13-28,31-34H,11-12,29-30H2,1-2H3. The Morgan fingerprint density at radius 1 is 0.418 bits per heavy atom. The van der Waals surface area contributed by atoms with Crippen LogP contribution in [0.5, 0.6) is 11.5 Å². The molecule has 55 heavy (non-hydrogen) atoms. The molecule has 0 aliphatic heterocycles. The minimum Gasteiger partial charge on any atom is -0.457 e. The fraction of sp³-hybridized carbons (Fsp3) is 0.154. The summed E-state index contributed by atoms with van der Waals surface area (Å²) in [7, 11) is 1.75. The Kier molecular flexibility index (Phi) is 8.17. The Morgan fingerprint density at radius 3 is 1.51 bits per heavy atom. The molecule has 3 nitrogen and oxygen atoms in total. The molecule has 0 aromatic heterocycles. The molecule has 0 bridgehead atoms. The van der Waals surface area contributed by atoms with Crippen molar-refractivity contribution >= 4 is 21.5 Å². The summed E-state index contributed by atoms with van der Waals surface area (Å²) in [6.07, 6.45) is 1.85. The molecule has 3 heteroatoms. The van der Waals surface area contributed by atoms with E-state index < -0.39 is 5.60 Å². The molecule has 2 aliphatic rings. The maximum Gasteiger partial charge on any atom is 0.144 e. The van der Waals surface area contributed by atoms with E-state index in [4.69, 9.17) is 14.2 Å².